The molecule has 39 heavy (non-hydrogen) atoms. The topological polar surface area (TPSA) is 48.0 Å². The van der Waals surface area contributed by atoms with Crippen LogP contribution in [-0.4, -0.2) is 49.5 Å². The van der Waals surface area contributed by atoms with Gasteiger partial charge in [0.15, 0.2) is 11.3 Å². The summed E-state index contributed by atoms with van der Waals surface area (Å²) in [5.41, 5.74) is 6.23. The maximum Gasteiger partial charge on any atom is 0.303 e. The van der Waals surface area contributed by atoms with E-state index in [1.165, 1.54) is 40.3 Å². The van der Waals surface area contributed by atoms with Crippen molar-refractivity contribution < 1.29 is 19.0 Å². The van der Waals surface area contributed by atoms with Gasteiger partial charge >= 0.3 is 5.97 Å². The zero-order chi connectivity index (χ0) is 27.5. The number of ether oxygens (including phenoxy) is 3. The fraction of sp³-hybridized carbons (Fsp3) is 0.382. The first-order valence-electron chi connectivity index (χ1n) is 14.0. The number of methoxy groups -OCH3 is 2. The Morgan fingerprint density at radius 1 is 0.923 bits per heavy atom. The summed E-state index contributed by atoms with van der Waals surface area (Å²) in [6.45, 7) is 5.21. The first-order chi connectivity index (χ1) is 18.9. The number of fused-ring (bicyclic) bond motifs is 2. The van der Waals surface area contributed by atoms with Crippen molar-refractivity contribution in [1.29, 1.82) is 0 Å². The van der Waals surface area contributed by atoms with Gasteiger partial charge in [0.25, 0.3) is 0 Å². The van der Waals surface area contributed by atoms with Crippen LogP contribution in [-0.2, 0) is 19.0 Å². The van der Waals surface area contributed by atoms with Crippen LogP contribution in [0.2, 0.25) is 0 Å². The van der Waals surface area contributed by atoms with E-state index in [0.29, 0.717) is 12.2 Å². The number of hydrogen-bond donors (Lipinski definition) is 0. The molecule has 0 saturated carbocycles. The normalized spacial score (nSPS) is 24.5. The van der Waals surface area contributed by atoms with E-state index < -0.39 is 11.3 Å². The third kappa shape index (κ3) is 5.13. The molecule has 0 N–H and O–H groups in total. The van der Waals surface area contributed by atoms with E-state index >= 15 is 0 Å². The van der Waals surface area contributed by atoms with Crippen molar-refractivity contribution in [2.75, 3.05) is 27.3 Å². The van der Waals surface area contributed by atoms with Crippen LogP contribution in [0.15, 0.2) is 78.1 Å². The second kappa shape index (κ2) is 11.4. The van der Waals surface area contributed by atoms with Crippen molar-refractivity contribution in [3.8, 4) is 0 Å². The van der Waals surface area contributed by atoms with Gasteiger partial charge in [0.1, 0.15) is 5.76 Å². The molecule has 1 aliphatic heterocycles. The highest BCUT2D eigenvalue weighted by Gasteiger charge is 2.47. The molecular formula is C34H39NO4. The smallest absolute Gasteiger partial charge is 0.303 e. The number of carbonyl (C=O) groups is 1. The lowest BCUT2D eigenvalue weighted by molar-refractivity contribution is -0.151. The molecule has 2 aromatic rings. The Hall–Kier alpha value is -3.41. The molecule has 5 nitrogen and oxygen atoms in total. The van der Waals surface area contributed by atoms with Crippen molar-refractivity contribution in [2.24, 2.45) is 0 Å². The third-order valence-corrected chi connectivity index (χ3v) is 8.20. The Balaban J connectivity index is 1.48. The first-order valence-corrected chi connectivity index (χ1v) is 14.0. The van der Waals surface area contributed by atoms with Crippen LogP contribution in [0.1, 0.15) is 68.2 Å². The van der Waals surface area contributed by atoms with E-state index in [9.17, 15) is 4.79 Å². The minimum Gasteiger partial charge on any atom is -0.496 e. The Labute approximate surface area is 232 Å². The number of unbranched alkanes of at least 4 members (excludes halogenated alkanes) is 1. The maximum atomic E-state index is 12.0. The molecule has 5 rings (SSSR count). The minimum atomic E-state index is -0.846. The van der Waals surface area contributed by atoms with Gasteiger partial charge in [-0.1, -0.05) is 79.6 Å². The van der Waals surface area contributed by atoms with Crippen LogP contribution in [0.25, 0.3) is 17.7 Å². The Morgan fingerprint density at radius 2 is 1.54 bits per heavy atom. The fourth-order valence-electron chi connectivity index (χ4n) is 6.27. The van der Waals surface area contributed by atoms with Gasteiger partial charge in [0, 0.05) is 33.2 Å². The molecule has 1 heterocycles. The van der Waals surface area contributed by atoms with E-state index in [1.54, 1.807) is 14.2 Å². The molecule has 2 unspecified atom stereocenters. The molecular weight excluding hydrogens is 486 g/mol. The lowest BCUT2D eigenvalue weighted by Gasteiger charge is -2.47. The third-order valence-electron chi connectivity index (χ3n) is 8.20. The van der Waals surface area contributed by atoms with Gasteiger partial charge in [-0.15, -0.1) is 0 Å². The highest BCUT2D eigenvalue weighted by Crippen LogP contribution is 2.43. The van der Waals surface area contributed by atoms with Crippen LogP contribution >= 0.6 is 0 Å². The molecule has 3 aliphatic rings. The molecule has 2 aromatic carbocycles. The summed E-state index contributed by atoms with van der Waals surface area (Å²) in [5, 5.41) is 0. The number of benzene rings is 2. The van der Waals surface area contributed by atoms with Gasteiger partial charge in [-0.25, -0.2) is 0 Å². The quantitative estimate of drug-likeness (QED) is 0.245. The lowest BCUT2D eigenvalue weighted by atomic mass is 9.84. The molecule has 2 aliphatic carbocycles. The molecule has 0 bridgehead atoms. The van der Waals surface area contributed by atoms with Crippen molar-refractivity contribution >= 4 is 23.7 Å². The molecule has 2 atom stereocenters. The first kappa shape index (κ1) is 27.2. The second-order valence-electron chi connectivity index (χ2n) is 10.6. The van der Waals surface area contributed by atoms with Gasteiger partial charge in [0.05, 0.1) is 7.11 Å². The highest BCUT2D eigenvalue weighted by atomic mass is 16.6. The number of piperidine rings is 1. The van der Waals surface area contributed by atoms with E-state index in [4.69, 9.17) is 14.2 Å². The SMILES string of the molecule is CCCCC1(OC(C)=O)C=CC(OC)(N2CCC(=C3c4ccccc4C=Cc4ccccc43)CC2)C(OC)=C1. The summed E-state index contributed by atoms with van der Waals surface area (Å²) in [6.07, 6.45) is 14.9. The van der Waals surface area contributed by atoms with Crippen molar-refractivity contribution in [3.05, 3.63) is 100 Å². The average molecular weight is 526 g/mol. The number of esters is 1. The highest BCUT2D eigenvalue weighted by molar-refractivity contribution is 5.94. The average Bonchev–Trinajstić information content (AvgIpc) is 3.13. The predicted octanol–water partition coefficient (Wildman–Crippen LogP) is 7.00. The molecule has 0 aromatic heterocycles. The second-order valence-corrected chi connectivity index (χ2v) is 10.6. The number of hydrogen-bond acceptors (Lipinski definition) is 5. The Bertz CT molecular complexity index is 1290. The Morgan fingerprint density at radius 3 is 2.08 bits per heavy atom. The summed E-state index contributed by atoms with van der Waals surface area (Å²) in [7, 11) is 3.39. The van der Waals surface area contributed by atoms with Crippen LogP contribution in [0, 0.1) is 0 Å². The molecule has 5 heteroatoms. The summed E-state index contributed by atoms with van der Waals surface area (Å²) in [4.78, 5) is 14.4. The van der Waals surface area contributed by atoms with E-state index in [1.807, 2.05) is 18.2 Å². The summed E-state index contributed by atoms with van der Waals surface area (Å²) in [5.74, 6) is 0.357. The van der Waals surface area contributed by atoms with Crippen molar-refractivity contribution in [2.45, 2.75) is 57.3 Å². The van der Waals surface area contributed by atoms with Crippen LogP contribution < -0.4 is 0 Å². The molecule has 204 valence electrons. The number of nitrogens with zero attached hydrogens (tertiary/aromatic N) is 1. The molecule has 1 saturated heterocycles. The molecule has 1 fully saturated rings. The zero-order valence-electron chi connectivity index (χ0n) is 23.5. The van der Waals surface area contributed by atoms with Gasteiger partial charge in [-0.05, 0) is 65.7 Å². The van der Waals surface area contributed by atoms with Gasteiger partial charge < -0.3 is 14.2 Å². The molecule has 0 radical (unpaired) electrons. The van der Waals surface area contributed by atoms with E-state index in [-0.39, 0.29) is 5.97 Å². The number of likely N-dealkylation sites (tertiary alicyclic amines) is 1. The van der Waals surface area contributed by atoms with Crippen molar-refractivity contribution in [3.63, 3.8) is 0 Å². The largest absolute Gasteiger partial charge is 0.496 e. The van der Waals surface area contributed by atoms with Crippen molar-refractivity contribution in [1.82, 2.24) is 4.90 Å². The minimum absolute atomic E-state index is 0.305. The van der Waals surface area contributed by atoms with Gasteiger partial charge in [-0.2, -0.15) is 0 Å². The van der Waals surface area contributed by atoms with Crippen LogP contribution in [0.5, 0.6) is 0 Å². The lowest BCUT2D eigenvalue weighted by Crippen LogP contribution is -2.55. The molecule has 0 spiro atoms. The summed E-state index contributed by atoms with van der Waals surface area (Å²) >= 11 is 0. The van der Waals surface area contributed by atoms with Crippen LogP contribution in [0.3, 0.4) is 0 Å². The predicted molar refractivity (Wildman–Crippen MR) is 157 cm³/mol. The van der Waals surface area contributed by atoms with E-state index in [0.717, 1.165) is 38.8 Å². The van der Waals surface area contributed by atoms with Crippen LogP contribution in [0.4, 0.5) is 0 Å². The maximum absolute atomic E-state index is 12.0. The molecule has 0 amide bonds. The fourth-order valence-corrected chi connectivity index (χ4v) is 6.27. The Kier molecular flexibility index (Phi) is 7.92. The van der Waals surface area contributed by atoms with E-state index in [2.05, 4.69) is 72.5 Å². The van der Waals surface area contributed by atoms with Gasteiger partial charge in [0.2, 0.25) is 0 Å². The standard InChI is InChI=1S/C34H39NO4/c1-5-6-19-33(39-25(2)36)20-21-34(38-4,31(24-33)37-3)35-22-17-28(18-23-35)32-29-13-9-7-11-26(29)15-16-27-12-8-10-14-30(27)32/h7-16,20-21,24H,5-6,17-19,22-23H2,1-4H3. The summed E-state index contributed by atoms with van der Waals surface area (Å²) < 4.78 is 18.0. The zero-order valence-corrected chi connectivity index (χ0v) is 23.5. The number of rotatable bonds is 7. The monoisotopic (exact) mass is 525 g/mol. The van der Waals surface area contributed by atoms with Gasteiger partial charge in [-0.3, -0.25) is 9.69 Å². The number of carbonyl (C=O) groups excluding carboxylic acids is 1. The summed E-state index contributed by atoms with van der Waals surface area (Å²) in [6, 6.07) is 17.4.